The number of hydrogen-bond donors (Lipinski definition) is 3. The van der Waals surface area contributed by atoms with Crippen molar-refractivity contribution in [2.75, 3.05) is 19.8 Å². The van der Waals surface area contributed by atoms with Crippen molar-refractivity contribution in [1.29, 1.82) is 0 Å². The molecule has 11 heteroatoms. The Hall–Kier alpha value is -2.50. The average molecular weight is 545 g/mol. The number of aliphatic hydroxyl groups excluding tert-OH is 3. The van der Waals surface area contributed by atoms with Gasteiger partial charge >= 0.3 is 29.7 Å². The Balaban J connectivity index is 2.40. The van der Waals surface area contributed by atoms with Crippen LogP contribution in [-0.4, -0.2) is 77.0 Å². The van der Waals surface area contributed by atoms with Crippen LogP contribution < -0.4 is 0 Å². The molecule has 3 unspecified atom stereocenters. The van der Waals surface area contributed by atoms with Gasteiger partial charge < -0.3 is 34.3 Å². The van der Waals surface area contributed by atoms with Crippen LogP contribution in [0, 0.1) is 0 Å². The number of ether oxygens (including phenoxy) is 4. The molecule has 1 rings (SSSR count). The molecule has 1 saturated heterocycles. The van der Waals surface area contributed by atoms with Crippen molar-refractivity contribution in [3.63, 3.8) is 0 Å². The summed E-state index contributed by atoms with van der Waals surface area (Å²) in [6, 6.07) is 0. The van der Waals surface area contributed by atoms with Gasteiger partial charge in [0.2, 0.25) is 12.2 Å². The molecule has 0 aliphatic carbocycles. The molecule has 1 aliphatic rings. The van der Waals surface area contributed by atoms with E-state index in [0.29, 0.717) is 6.42 Å². The molecule has 0 bridgehead atoms. The third kappa shape index (κ3) is 12.4. The van der Waals surface area contributed by atoms with Crippen molar-refractivity contribution < 1.29 is 53.4 Å². The first-order chi connectivity index (χ1) is 18.3. The third-order valence-corrected chi connectivity index (χ3v) is 6.07. The Bertz CT molecular complexity index is 749. The van der Waals surface area contributed by atoms with Gasteiger partial charge in [0.25, 0.3) is 0 Å². The minimum absolute atomic E-state index is 0.118. The van der Waals surface area contributed by atoms with E-state index in [4.69, 9.17) is 14.2 Å². The van der Waals surface area contributed by atoms with E-state index in [2.05, 4.69) is 23.8 Å². The normalized spacial score (nSPS) is 22.3. The highest BCUT2D eigenvalue weighted by Gasteiger charge is 2.52. The second-order valence-corrected chi connectivity index (χ2v) is 9.33. The molecule has 1 heterocycles. The van der Waals surface area contributed by atoms with Crippen molar-refractivity contribution >= 4 is 23.9 Å². The van der Waals surface area contributed by atoms with E-state index in [0.717, 1.165) is 38.5 Å². The van der Waals surface area contributed by atoms with Crippen LogP contribution in [0.15, 0.2) is 12.2 Å². The summed E-state index contributed by atoms with van der Waals surface area (Å²) >= 11 is 0. The Morgan fingerprint density at radius 1 is 0.789 bits per heavy atom. The molecule has 0 spiro atoms. The lowest BCUT2D eigenvalue weighted by Gasteiger charge is -2.28. The number of carbonyl (C=O) groups is 4. The first kappa shape index (κ1) is 33.5. The van der Waals surface area contributed by atoms with Gasteiger partial charge in [0.15, 0.2) is 0 Å². The summed E-state index contributed by atoms with van der Waals surface area (Å²) in [6.45, 7) is -1.11. The fourth-order valence-corrected chi connectivity index (χ4v) is 3.79. The van der Waals surface area contributed by atoms with Gasteiger partial charge in [-0.2, -0.15) is 0 Å². The van der Waals surface area contributed by atoms with Crippen LogP contribution in [0.2, 0.25) is 0 Å². The molecule has 0 radical (unpaired) electrons. The summed E-state index contributed by atoms with van der Waals surface area (Å²) in [6.07, 6.45) is 14.6. The van der Waals surface area contributed by atoms with Crippen LogP contribution in [0.5, 0.6) is 0 Å². The van der Waals surface area contributed by atoms with Crippen molar-refractivity contribution in [2.45, 2.75) is 115 Å². The highest BCUT2D eigenvalue weighted by molar-refractivity contribution is 5.90. The number of cyclic esters (lactones) is 3. The van der Waals surface area contributed by atoms with Crippen LogP contribution in [-0.2, 0) is 38.1 Å². The van der Waals surface area contributed by atoms with Crippen LogP contribution in [0.1, 0.15) is 96.8 Å². The number of allylic oxidation sites excluding steroid dienone is 2. The minimum Gasteiger partial charge on any atom is -0.445 e. The number of hydrogen-bond acceptors (Lipinski definition) is 11. The second kappa shape index (κ2) is 19.6. The Morgan fingerprint density at radius 3 is 1.87 bits per heavy atom. The summed E-state index contributed by atoms with van der Waals surface area (Å²) in [5.74, 6) is -8.15. The maximum absolute atomic E-state index is 12.6. The number of carbonyl (C=O) groups excluding carboxylic acids is 4. The molecule has 3 atom stereocenters. The van der Waals surface area contributed by atoms with E-state index in [1.54, 1.807) is 0 Å². The fourth-order valence-electron chi connectivity index (χ4n) is 3.79. The summed E-state index contributed by atoms with van der Waals surface area (Å²) in [5.41, 5.74) is 0. The van der Waals surface area contributed by atoms with E-state index < -0.39 is 61.7 Å². The fraction of sp³-hybridized carbons (Fsp3) is 0.778. The Morgan fingerprint density at radius 2 is 1.32 bits per heavy atom. The lowest BCUT2D eigenvalue weighted by molar-refractivity contribution is -0.251. The van der Waals surface area contributed by atoms with Crippen molar-refractivity contribution in [1.82, 2.24) is 0 Å². The first-order valence-corrected chi connectivity index (χ1v) is 13.7. The smallest absolute Gasteiger partial charge is 0.396 e. The maximum Gasteiger partial charge on any atom is 0.396 e. The van der Waals surface area contributed by atoms with E-state index in [1.165, 1.54) is 38.5 Å². The number of rotatable bonds is 19. The quantitative estimate of drug-likeness (QED) is 0.0947. The van der Waals surface area contributed by atoms with E-state index in [1.807, 2.05) is 0 Å². The van der Waals surface area contributed by atoms with Crippen LogP contribution >= 0.6 is 0 Å². The maximum atomic E-state index is 12.6. The van der Waals surface area contributed by atoms with Crippen molar-refractivity contribution in [3.8, 4) is 0 Å². The lowest BCUT2D eigenvalue weighted by atomic mass is 10.1. The van der Waals surface area contributed by atoms with Gasteiger partial charge in [-0.05, 0) is 32.1 Å². The van der Waals surface area contributed by atoms with E-state index in [-0.39, 0.29) is 6.42 Å². The Labute approximate surface area is 224 Å². The molecule has 1 aliphatic heterocycles. The SMILES string of the molecule is CCCCCCCC/C=C\CCCCCCCC(=O)OC1(CO)OC(=O)C(CO)OC(=O)C(CO)OC1=O. The highest BCUT2D eigenvalue weighted by Crippen LogP contribution is 2.22. The molecular weight excluding hydrogens is 500 g/mol. The van der Waals surface area contributed by atoms with E-state index in [9.17, 15) is 34.5 Å². The lowest BCUT2D eigenvalue weighted by Crippen LogP contribution is -2.53. The third-order valence-electron chi connectivity index (χ3n) is 6.07. The number of aliphatic hydroxyl groups is 3. The van der Waals surface area contributed by atoms with Gasteiger partial charge in [0.1, 0.15) is 6.61 Å². The predicted octanol–water partition coefficient (Wildman–Crippen LogP) is 2.62. The standard InChI is InChI=1S/C27H44O11/c1-2-3-4-5-6-7-8-9-10-11-12-13-14-15-16-17-23(31)37-27(20-30)26(34)36-21(18-28)24(32)35-22(19-29)25(33)38-27/h9-10,21-22,28-30H,2-8,11-20H2,1H3/b10-9-. The van der Waals surface area contributed by atoms with Crippen molar-refractivity contribution in [3.05, 3.63) is 12.2 Å². The van der Waals surface area contributed by atoms with Gasteiger partial charge in [-0.15, -0.1) is 0 Å². The largest absolute Gasteiger partial charge is 0.445 e. The molecule has 1 fully saturated rings. The zero-order valence-electron chi connectivity index (χ0n) is 22.4. The molecule has 38 heavy (non-hydrogen) atoms. The molecule has 0 saturated carbocycles. The zero-order valence-corrected chi connectivity index (χ0v) is 22.4. The van der Waals surface area contributed by atoms with Crippen molar-refractivity contribution in [2.24, 2.45) is 0 Å². The predicted molar refractivity (Wildman–Crippen MR) is 135 cm³/mol. The van der Waals surface area contributed by atoms with Gasteiger partial charge in [-0.1, -0.05) is 70.4 Å². The molecule has 11 nitrogen and oxygen atoms in total. The summed E-state index contributed by atoms with van der Waals surface area (Å²) in [7, 11) is 0. The van der Waals surface area contributed by atoms with Crippen LogP contribution in [0.4, 0.5) is 0 Å². The molecule has 3 N–H and O–H groups in total. The van der Waals surface area contributed by atoms with Crippen LogP contribution in [0.3, 0.4) is 0 Å². The van der Waals surface area contributed by atoms with Gasteiger partial charge in [0, 0.05) is 6.42 Å². The summed E-state index contributed by atoms with van der Waals surface area (Å²) in [5, 5.41) is 28.4. The summed E-state index contributed by atoms with van der Waals surface area (Å²) in [4.78, 5) is 49.1. The number of esters is 4. The molecule has 0 amide bonds. The monoisotopic (exact) mass is 544 g/mol. The zero-order chi connectivity index (χ0) is 28.2. The molecule has 0 aromatic rings. The Kier molecular flexibility index (Phi) is 17.3. The molecule has 0 aromatic heterocycles. The van der Waals surface area contributed by atoms with Gasteiger partial charge in [-0.3, -0.25) is 4.79 Å². The summed E-state index contributed by atoms with van der Waals surface area (Å²) < 4.78 is 19.2. The van der Waals surface area contributed by atoms with Gasteiger partial charge in [0.05, 0.1) is 13.2 Å². The first-order valence-electron chi connectivity index (χ1n) is 13.7. The average Bonchev–Trinajstić information content (AvgIpc) is 2.94. The molecule has 218 valence electrons. The topological polar surface area (TPSA) is 166 Å². The van der Waals surface area contributed by atoms with Gasteiger partial charge in [-0.25, -0.2) is 14.4 Å². The van der Waals surface area contributed by atoms with E-state index >= 15 is 0 Å². The minimum atomic E-state index is -2.90. The van der Waals surface area contributed by atoms with Crippen LogP contribution in [0.25, 0.3) is 0 Å². The number of unbranched alkanes of at least 4 members (excludes halogenated alkanes) is 11. The molecule has 0 aromatic carbocycles. The molecular formula is C27H44O11. The second-order valence-electron chi connectivity index (χ2n) is 9.33. The highest BCUT2D eigenvalue weighted by atomic mass is 16.8.